The van der Waals surface area contributed by atoms with Crippen LogP contribution in [0, 0.1) is 0 Å². The van der Waals surface area contributed by atoms with Gasteiger partial charge in [-0.15, -0.1) is 0 Å². The van der Waals surface area contributed by atoms with E-state index >= 15 is 0 Å². The summed E-state index contributed by atoms with van der Waals surface area (Å²) in [5.74, 6) is -19.2. The first-order valence-corrected chi connectivity index (χ1v) is 6.09. The third-order valence-electron chi connectivity index (χ3n) is 2.76. The van der Waals surface area contributed by atoms with Crippen LogP contribution in [0.15, 0.2) is 12.2 Å². The van der Waals surface area contributed by atoms with E-state index in [0.717, 1.165) is 0 Å². The molecule has 0 aliphatic rings. The Labute approximate surface area is 125 Å². The number of hydrogen-bond donors (Lipinski definition) is 1. The van der Waals surface area contributed by atoms with E-state index in [4.69, 9.17) is 5.11 Å². The van der Waals surface area contributed by atoms with Gasteiger partial charge in [0.2, 0.25) is 0 Å². The highest BCUT2D eigenvalue weighted by atomic mass is 19.4. The van der Waals surface area contributed by atoms with Crippen LogP contribution in [-0.2, 0) is 9.53 Å². The average molecular weight is 358 g/mol. The smallest absolute Gasteiger partial charge is 0.377 e. The fraction of sp³-hybridized carbons (Fsp3) is 0.750. The van der Waals surface area contributed by atoms with Crippen LogP contribution in [0.25, 0.3) is 0 Å². The van der Waals surface area contributed by atoms with Crippen molar-refractivity contribution in [1.82, 2.24) is 0 Å². The Morgan fingerprint density at radius 3 is 2.00 bits per heavy atom. The summed E-state index contributed by atoms with van der Waals surface area (Å²) in [6.45, 7) is 3.24. The molecule has 0 aromatic carbocycles. The minimum Gasteiger partial charge on any atom is -0.457 e. The Kier molecular flexibility index (Phi) is 7.00. The van der Waals surface area contributed by atoms with Crippen molar-refractivity contribution in [2.45, 2.75) is 50.1 Å². The van der Waals surface area contributed by atoms with Crippen LogP contribution in [0.3, 0.4) is 0 Å². The van der Waals surface area contributed by atoms with Crippen LogP contribution < -0.4 is 0 Å². The van der Waals surface area contributed by atoms with Crippen LogP contribution in [0.2, 0.25) is 0 Å². The van der Waals surface area contributed by atoms with Gasteiger partial charge in [0.1, 0.15) is 6.10 Å². The van der Waals surface area contributed by atoms with Crippen molar-refractivity contribution >= 4 is 5.97 Å². The van der Waals surface area contributed by atoms with Crippen molar-refractivity contribution in [2.75, 3.05) is 6.61 Å². The Bertz CT molecular complexity index is 436. The van der Waals surface area contributed by atoms with Gasteiger partial charge in [-0.2, -0.15) is 26.3 Å². The van der Waals surface area contributed by atoms with Gasteiger partial charge in [0.15, 0.2) is 0 Å². The number of hydrogen-bond acceptors (Lipinski definition) is 3. The molecule has 11 heteroatoms. The van der Waals surface area contributed by atoms with Crippen molar-refractivity contribution in [3.8, 4) is 0 Å². The first-order chi connectivity index (χ1) is 10.2. The van der Waals surface area contributed by atoms with E-state index in [1.54, 1.807) is 0 Å². The molecule has 0 saturated carbocycles. The molecule has 1 unspecified atom stereocenters. The van der Waals surface area contributed by atoms with E-state index in [1.165, 1.54) is 6.92 Å². The van der Waals surface area contributed by atoms with Crippen molar-refractivity contribution in [3.05, 3.63) is 12.2 Å². The minimum atomic E-state index is -6.33. The van der Waals surface area contributed by atoms with Gasteiger partial charge in [-0.05, 0) is 13.3 Å². The number of carbonyl (C=O) groups excluding carboxylic acids is 1. The molecule has 0 fully saturated rings. The predicted molar refractivity (Wildman–Crippen MR) is 61.9 cm³/mol. The maximum atomic E-state index is 13.2. The summed E-state index contributed by atoms with van der Waals surface area (Å²) in [7, 11) is 0. The molecule has 0 amide bonds. The number of aliphatic hydroxyl groups excluding tert-OH is 1. The molecule has 0 aromatic heterocycles. The maximum Gasteiger partial charge on any atom is 0.377 e. The molecule has 0 heterocycles. The zero-order valence-electron chi connectivity index (χ0n) is 11.8. The normalized spacial score (nSPS) is 14.7. The zero-order valence-corrected chi connectivity index (χ0v) is 11.8. The molecule has 0 rings (SSSR count). The van der Waals surface area contributed by atoms with Gasteiger partial charge in [-0.1, -0.05) is 6.58 Å². The van der Waals surface area contributed by atoms with Crippen LogP contribution in [0.4, 0.5) is 35.1 Å². The number of esters is 1. The molecule has 3 nitrogen and oxygen atoms in total. The quantitative estimate of drug-likeness (QED) is 0.390. The van der Waals surface area contributed by atoms with Gasteiger partial charge >= 0.3 is 30.2 Å². The highest BCUT2D eigenvalue weighted by Gasteiger charge is 2.74. The number of carbonyl (C=O) groups is 1. The van der Waals surface area contributed by atoms with E-state index in [2.05, 4.69) is 11.3 Å². The second kappa shape index (κ2) is 7.45. The van der Waals surface area contributed by atoms with Crippen LogP contribution >= 0.6 is 0 Å². The van der Waals surface area contributed by atoms with E-state index in [-0.39, 0.29) is 5.57 Å². The van der Waals surface area contributed by atoms with E-state index in [0.29, 0.717) is 0 Å². The lowest BCUT2D eigenvalue weighted by Gasteiger charge is -2.32. The highest BCUT2D eigenvalue weighted by Crippen LogP contribution is 2.50. The number of alkyl halides is 8. The monoisotopic (exact) mass is 358 g/mol. The largest absolute Gasteiger partial charge is 0.457 e. The fourth-order valence-corrected chi connectivity index (χ4v) is 1.32. The molecule has 0 radical (unpaired) electrons. The maximum absolute atomic E-state index is 13.2. The third-order valence-corrected chi connectivity index (χ3v) is 2.76. The molecule has 0 aromatic rings. The molecule has 0 saturated heterocycles. The van der Waals surface area contributed by atoms with Crippen molar-refractivity contribution < 1.29 is 49.8 Å². The van der Waals surface area contributed by atoms with Crippen LogP contribution in [-0.4, -0.2) is 48.0 Å². The molecule has 1 N–H and O–H groups in total. The molecule has 0 aliphatic heterocycles. The van der Waals surface area contributed by atoms with Gasteiger partial charge in [-0.3, -0.25) is 0 Å². The summed E-state index contributed by atoms with van der Waals surface area (Å²) in [6, 6.07) is 0. The zero-order chi connectivity index (χ0) is 18.6. The standard InChI is InChI=1S/C12H14F8O3/c1-6(2)8(22)23-7(5-21)3-4-10(15,16)12(19,20)11(17,18)9(13)14/h7,9,21H,1,3-5H2,2H3. The van der Waals surface area contributed by atoms with Gasteiger partial charge in [0.25, 0.3) is 0 Å². The van der Waals surface area contributed by atoms with Gasteiger partial charge in [-0.25, -0.2) is 13.6 Å². The lowest BCUT2D eigenvalue weighted by molar-refractivity contribution is -0.340. The second-order valence-corrected chi connectivity index (χ2v) is 4.73. The van der Waals surface area contributed by atoms with Crippen molar-refractivity contribution in [1.29, 1.82) is 0 Å². The predicted octanol–water partition coefficient (Wildman–Crippen LogP) is 3.42. The molecule has 0 spiro atoms. The first-order valence-electron chi connectivity index (χ1n) is 6.09. The molecular weight excluding hydrogens is 344 g/mol. The minimum absolute atomic E-state index is 0.190. The number of aliphatic hydroxyl groups is 1. The summed E-state index contributed by atoms with van der Waals surface area (Å²) in [5, 5.41) is 8.80. The second-order valence-electron chi connectivity index (χ2n) is 4.73. The molecule has 136 valence electrons. The van der Waals surface area contributed by atoms with E-state index in [9.17, 15) is 39.9 Å². The van der Waals surface area contributed by atoms with Crippen LogP contribution in [0.5, 0.6) is 0 Å². The Hall–Kier alpha value is -1.39. The SMILES string of the molecule is C=C(C)C(=O)OC(CO)CCC(F)(F)C(F)(F)C(F)(F)C(F)F. The number of rotatable bonds is 9. The lowest BCUT2D eigenvalue weighted by atomic mass is 9.98. The summed E-state index contributed by atoms with van der Waals surface area (Å²) in [6.07, 6.45) is -9.88. The van der Waals surface area contributed by atoms with E-state index < -0.39 is 55.7 Å². The molecule has 1 atom stereocenters. The van der Waals surface area contributed by atoms with Crippen LogP contribution in [0.1, 0.15) is 19.8 Å². The average Bonchev–Trinajstić information content (AvgIpc) is 2.42. The fourth-order valence-electron chi connectivity index (χ4n) is 1.32. The molecular formula is C12H14F8O3. The third kappa shape index (κ3) is 4.79. The summed E-state index contributed by atoms with van der Waals surface area (Å²) < 4.78 is 106. The molecule has 23 heavy (non-hydrogen) atoms. The summed E-state index contributed by atoms with van der Waals surface area (Å²) in [4.78, 5) is 11.1. The summed E-state index contributed by atoms with van der Waals surface area (Å²) >= 11 is 0. The number of ether oxygens (including phenoxy) is 1. The molecule has 0 aliphatic carbocycles. The molecule has 0 bridgehead atoms. The Morgan fingerprint density at radius 2 is 1.65 bits per heavy atom. The van der Waals surface area contributed by atoms with E-state index in [1.807, 2.05) is 0 Å². The topological polar surface area (TPSA) is 46.5 Å². The van der Waals surface area contributed by atoms with Gasteiger partial charge < -0.3 is 9.84 Å². The first kappa shape index (κ1) is 21.6. The highest BCUT2D eigenvalue weighted by molar-refractivity contribution is 5.87. The van der Waals surface area contributed by atoms with Crippen molar-refractivity contribution in [3.63, 3.8) is 0 Å². The van der Waals surface area contributed by atoms with Gasteiger partial charge in [0.05, 0.1) is 6.61 Å². The van der Waals surface area contributed by atoms with Crippen molar-refractivity contribution in [2.24, 2.45) is 0 Å². The Balaban J connectivity index is 5.04. The van der Waals surface area contributed by atoms with Gasteiger partial charge in [0, 0.05) is 12.0 Å². The summed E-state index contributed by atoms with van der Waals surface area (Å²) in [5.41, 5.74) is -0.190. The Morgan fingerprint density at radius 1 is 1.17 bits per heavy atom. The lowest BCUT2D eigenvalue weighted by Crippen LogP contribution is -2.57. The number of halogens is 8.